The molecule has 0 bridgehead atoms. The third-order valence-corrected chi connectivity index (χ3v) is 11.5. The molecule has 10 aromatic rings. The Bertz CT molecular complexity index is 3240. The fourth-order valence-electron chi connectivity index (χ4n) is 9.40. The van der Waals surface area contributed by atoms with Crippen LogP contribution in [0.4, 0.5) is 0 Å². The van der Waals surface area contributed by atoms with Gasteiger partial charge in [-0.3, -0.25) is 9.97 Å². The maximum Gasteiger partial charge on any atom is 0.156 e. The maximum absolute atomic E-state index is 9.79. The van der Waals surface area contributed by atoms with Gasteiger partial charge in [0.15, 0.2) is 5.75 Å². The molecule has 2 aliphatic rings. The third-order valence-electron chi connectivity index (χ3n) is 11.5. The molecule has 0 saturated heterocycles. The summed E-state index contributed by atoms with van der Waals surface area (Å²) in [5.41, 5.74) is 12.0. The van der Waals surface area contributed by atoms with Crippen LogP contribution in [0.2, 0.25) is 0 Å². The molecule has 0 amide bonds. The van der Waals surface area contributed by atoms with Crippen molar-refractivity contribution in [2.24, 2.45) is 0 Å². The van der Waals surface area contributed by atoms with Crippen LogP contribution in [0.5, 0.6) is 11.5 Å². The van der Waals surface area contributed by atoms with E-state index >= 15 is 0 Å². The lowest BCUT2D eigenvalue weighted by Crippen LogP contribution is -2.32. The van der Waals surface area contributed by atoms with Crippen LogP contribution < -0.4 is 4.74 Å². The van der Waals surface area contributed by atoms with Crippen molar-refractivity contribution in [1.82, 2.24) is 19.1 Å². The minimum absolute atomic E-state index is 0.632. The highest BCUT2D eigenvalue weighted by Gasteiger charge is 2.53. The van der Waals surface area contributed by atoms with E-state index in [0.717, 1.165) is 89.4 Å². The van der Waals surface area contributed by atoms with Crippen LogP contribution in [0.3, 0.4) is 0 Å². The van der Waals surface area contributed by atoms with Crippen LogP contribution in [-0.2, 0) is 5.41 Å². The second kappa shape index (κ2) is 10.5. The Kier molecular flexibility index (Phi) is 5.68. The molecule has 250 valence electrons. The summed E-state index contributed by atoms with van der Waals surface area (Å²) in [6.07, 6.45) is 3.82. The van der Waals surface area contributed by atoms with Gasteiger partial charge < -0.3 is 13.9 Å². The molecule has 0 saturated carbocycles. The number of aromatic nitrogens is 4. The van der Waals surface area contributed by atoms with Crippen molar-refractivity contribution in [2.75, 3.05) is 0 Å². The van der Waals surface area contributed by atoms with Crippen molar-refractivity contribution in [2.45, 2.75) is 5.41 Å². The molecule has 5 heterocycles. The average Bonchev–Trinajstić information content (AvgIpc) is 3.85. The van der Waals surface area contributed by atoms with Gasteiger partial charge in [-0.2, -0.15) is 5.26 Å². The number of fused-ring (bicyclic) bond motifs is 15. The van der Waals surface area contributed by atoms with Gasteiger partial charge in [0.1, 0.15) is 5.75 Å². The Morgan fingerprint density at radius 3 is 1.93 bits per heavy atom. The summed E-state index contributed by atoms with van der Waals surface area (Å²) in [5, 5.41) is 14.3. The summed E-state index contributed by atoms with van der Waals surface area (Å²) in [5.74, 6) is 1.60. The van der Waals surface area contributed by atoms with E-state index < -0.39 is 5.41 Å². The number of rotatable bonds is 2. The van der Waals surface area contributed by atoms with Gasteiger partial charge in [0.2, 0.25) is 0 Å². The highest BCUT2D eigenvalue weighted by molar-refractivity contribution is 6.10. The average molecular weight is 690 g/mol. The Morgan fingerprint density at radius 2 is 1.15 bits per heavy atom. The molecular weight excluding hydrogens is 663 g/mol. The number of hydrogen-bond donors (Lipinski definition) is 0. The molecular formula is C48H27N5O. The quantitative estimate of drug-likeness (QED) is 0.181. The highest BCUT2D eigenvalue weighted by Crippen LogP contribution is 2.62. The molecule has 6 heteroatoms. The second-order valence-electron chi connectivity index (χ2n) is 14.1. The number of hydrogen-bond acceptors (Lipinski definition) is 4. The normalized spacial score (nSPS) is 15.2. The maximum atomic E-state index is 9.79. The molecule has 0 N–H and O–H groups in total. The minimum Gasteiger partial charge on any atom is -0.454 e. The molecule has 54 heavy (non-hydrogen) atoms. The lowest BCUT2D eigenvalue weighted by Gasteiger charge is -2.39. The minimum atomic E-state index is -0.784. The van der Waals surface area contributed by atoms with Gasteiger partial charge in [-0.15, -0.1) is 0 Å². The van der Waals surface area contributed by atoms with Gasteiger partial charge >= 0.3 is 0 Å². The van der Waals surface area contributed by atoms with Gasteiger partial charge in [-0.1, -0.05) is 91.0 Å². The fraction of sp³-hybridized carbons (Fsp3) is 0.0208. The van der Waals surface area contributed by atoms with Gasteiger partial charge in [-0.25, -0.2) is 0 Å². The van der Waals surface area contributed by atoms with Gasteiger partial charge in [-0.05, 0) is 66.2 Å². The Hall–Kier alpha value is -7.49. The predicted octanol–water partition coefficient (Wildman–Crippen LogP) is 11.0. The summed E-state index contributed by atoms with van der Waals surface area (Å²) in [7, 11) is 0. The van der Waals surface area contributed by atoms with E-state index in [1.165, 1.54) is 10.8 Å². The lowest BCUT2D eigenvalue weighted by molar-refractivity contribution is 0.434. The first-order valence-corrected chi connectivity index (χ1v) is 18.0. The van der Waals surface area contributed by atoms with Crippen molar-refractivity contribution >= 4 is 43.6 Å². The van der Waals surface area contributed by atoms with Crippen LogP contribution >= 0.6 is 0 Å². The SMILES string of the molecule is N#Cc1ccc2c(c1)c1ccccc1n2-c1cnc2c(c1)C1(c3ccccc3Oc3c(-n4c5ccccc5c5ccccc54)cccc31)c1cccnc1-2. The molecule has 6 aromatic carbocycles. The first-order valence-electron chi connectivity index (χ1n) is 18.0. The van der Waals surface area contributed by atoms with Crippen LogP contribution in [-0.4, -0.2) is 19.1 Å². The molecule has 12 rings (SSSR count). The van der Waals surface area contributed by atoms with Crippen molar-refractivity contribution < 1.29 is 4.74 Å². The standard InChI is InChI=1S/C48H27N5O/c49-27-29-22-23-42-34(25-29)33-13-3-5-17-39(33)52(42)30-26-38-46(51-28-30)45-36(16-10-24-50-45)48(38)35-14-4-8-21-44(35)54-47-37(48)15-9-20-43(47)53-40-18-6-1-11-31(40)32-12-2-7-19-41(32)53/h1-26,28H. The van der Waals surface area contributed by atoms with Crippen LogP contribution in [0.15, 0.2) is 164 Å². The zero-order valence-electron chi connectivity index (χ0n) is 28.7. The lowest BCUT2D eigenvalue weighted by atomic mass is 9.66. The highest BCUT2D eigenvalue weighted by atomic mass is 16.5. The van der Waals surface area contributed by atoms with E-state index in [-0.39, 0.29) is 0 Å². The number of nitrogens with zero attached hydrogens (tertiary/aromatic N) is 5. The van der Waals surface area contributed by atoms with Crippen LogP contribution in [0.1, 0.15) is 27.8 Å². The zero-order valence-corrected chi connectivity index (χ0v) is 28.7. The number of benzene rings is 6. The molecule has 1 aliphatic carbocycles. The topological polar surface area (TPSA) is 68.7 Å². The Labute approximate surface area is 309 Å². The molecule has 0 fully saturated rings. The number of ether oxygens (including phenoxy) is 1. The second-order valence-corrected chi connectivity index (χ2v) is 14.1. The molecule has 1 spiro atoms. The van der Waals surface area contributed by atoms with E-state index in [4.69, 9.17) is 14.7 Å². The fourth-order valence-corrected chi connectivity index (χ4v) is 9.40. The Morgan fingerprint density at radius 1 is 0.519 bits per heavy atom. The van der Waals surface area contributed by atoms with Crippen LogP contribution in [0, 0.1) is 11.3 Å². The number of para-hydroxylation sites is 5. The van der Waals surface area contributed by atoms with Gasteiger partial charge in [0, 0.05) is 44.4 Å². The van der Waals surface area contributed by atoms with E-state index in [9.17, 15) is 5.26 Å². The van der Waals surface area contributed by atoms with Crippen molar-refractivity contribution in [1.29, 1.82) is 5.26 Å². The van der Waals surface area contributed by atoms with Crippen molar-refractivity contribution in [3.63, 3.8) is 0 Å². The molecule has 4 aromatic heterocycles. The monoisotopic (exact) mass is 689 g/mol. The van der Waals surface area contributed by atoms with E-state index in [2.05, 4.69) is 130 Å². The molecule has 1 atom stereocenters. The van der Waals surface area contributed by atoms with Crippen molar-refractivity contribution in [3.8, 4) is 40.3 Å². The summed E-state index contributed by atoms with van der Waals surface area (Å²) in [6, 6.07) is 55.3. The van der Waals surface area contributed by atoms with E-state index in [1.54, 1.807) is 0 Å². The molecule has 1 aliphatic heterocycles. The largest absolute Gasteiger partial charge is 0.454 e. The zero-order chi connectivity index (χ0) is 35.5. The number of pyridine rings is 2. The summed E-state index contributed by atoms with van der Waals surface area (Å²) in [4.78, 5) is 10.3. The van der Waals surface area contributed by atoms with Gasteiger partial charge in [0.05, 0.1) is 68.1 Å². The molecule has 6 nitrogen and oxygen atoms in total. The summed E-state index contributed by atoms with van der Waals surface area (Å²) in [6.45, 7) is 0. The van der Waals surface area contributed by atoms with Crippen LogP contribution in [0.25, 0.3) is 66.4 Å². The molecule has 1 unspecified atom stereocenters. The van der Waals surface area contributed by atoms with Crippen molar-refractivity contribution in [3.05, 3.63) is 192 Å². The van der Waals surface area contributed by atoms with E-state index in [1.807, 2.05) is 48.8 Å². The number of nitriles is 1. The van der Waals surface area contributed by atoms with E-state index in [0.29, 0.717) is 5.56 Å². The first kappa shape index (κ1) is 29.1. The molecule has 0 radical (unpaired) electrons. The smallest absolute Gasteiger partial charge is 0.156 e. The summed E-state index contributed by atoms with van der Waals surface area (Å²) >= 11 is 0. The Balaban J connectivity index is 1.20. The third kappa shape index (κ3) is 3.58. The predicted molar refractivity (Wildman–Crippen MR) is 213 cm³/mol. The summed E-state index contributed by atoms with van der Waals surface area (Å²) < 4.78 is 11.7. The van der Waals surface area contributed by atoms with Gasteiger partial charge in [0.25, 0.3) is 0 Å². The first-order chi connectivity index (χ1) is 26.8.